The predicted molar refractivity (Wildman–Crippen MR) is 73.3 cm³/mol. The van der Waals surface area contributed by atoms with E-state index in [1.807, 2.05) is 19.1 Å². The number of benzene rings is 1. The van der Waals surface area contributed by atoms with Gasteiger partial charge in [-0.25, -0.2) is 0 Å². The molecule has 1 unspecified atom stereocenters. The Labute approximate surface area is 105 Å². The normalized spacial score (nSPS) is 15.6. The molecule has 0 fully saturated rings. The summed E-state index contributed by atoms with van der Waals surface area (Å²) in [5.41, 5.74) is 1.78. The van der Waals surface area contributed by atoms with E-state index in [9.17, 15) is 5.11 Å². The average Bonchev–Trinajstić information content (AvgIpc) is 2.18. The standard InChI is InChI=1S/C15H25NO/c1-12-8-6-7-9-13(12)10-15(5,17)11-16-14(2,3)4/h6-9,16-17H,10-11H2,1-5H3. The van der Waals surface area contributed by atoms with Gasteiger partial charge in [0.1, 0.15) is 0 Å². The molecule has 17 heavy (non-hydrogen) atoms. The van der Waals surface area contributed by atoms with Crippen molar-refractivity contribution in [1.82, 2.24) is 5.32 Å². The fourth-order valence-electron chi connectivity index (χ4n) is 1.74. The van der Waals surface area contributed by atoms with Crippen LogP contribution in [-0.4, -0.2) is 22.8 Å². The van der Waals surface area contributed by atoms with Gasteiger partial charge in [0.25, 0.3) is 0 Å². The second kappa shape index (κ2) is 5.19. The number of aliphatic hydroxyl groups is 1. The van der Waals surface area contributed by atoms with Crippen LogP contribution in [0, 0.1) is 6.92 Å². The number of hydrogen-bond acceptors (Lipinski definition) is 2. The third-order valence-corrected chi connectivity index (χ3v) is 2.83. The van der Waals surface area contributed by atoms with E-state index in [0.717, 1.165) is 0 Å². The Morgan fingerprint density at radius 2 is 1.71 bits per heavy atom. The molecule has 2 heteroatoms. The Morgan fingerprint density at radius 3 is 2.24 bits per heavy atom. The summed E-state index contributed by atoms with van der Waals surface area (Å²) in [6.45, 7) is 10.9. The van der Waals surface area contributed by atoms with Crippen molar-refractivity contribution in [3.63, 3.8) is 0 Å². The van der Waals surface area contributed by atoms with Gasteiger partial charge in [0.15, 0.2) is 0 Å². The molecule has 0 aliphatic heterocycles. The SMILES string of the molecule is Cc1ccccc1CC(C)(O)CNC(C)(C)C. The topological polar surface area (TPSA) is 32.3 Å². The highest BCUT2D eigenvalue weighted by Gasteiger charge is 2.23. The second-order valence-electron chi connectivity index (χ2n) is 6.20. The average molecular weight is 235 g/mol. The van der Waals surface area contributed by atoms with E-state index in [2.05, 4.69) is 45.1 Å². The number of β-amino-alcohol motifs (C(OH)–C–C–N with tert-alkyl or cyclic N) is 1. The minimum atomic E-state index is -0.709. The lowest BCUT2D eigenvalue weighted by atomic mass is 9.93. The number of hydrogen-bond donors (Lipinski definition) is 2. The zero-order valence-corrected chi connectivity index (χ0v) is 11.7. The van der Waals surface area contributed by atoms with Gasteiger partial charge in [-0.05, 0) is 45.7 Å². The minimum absolute atomic E-state index is 0.0374. The van der Waals surface area contributed by atoms with E-state index < -0.39 is 5.60 Å². The van der Waals surface area contributed by atoms with Crippen molar-refractivity contribution in [3.8, 4) is 0 Å². The van der Waals surface area contributed by atoms with Gasteiger partial charge in [-0.1, -0.05) is 24.3 Å². The van der Waals surface area contributed by atoms with Crippen LogP contribution in [0.15, 0.2) is 24.3 Å². The van der Waals surface area contributed by atoms with E-state index in [1.54, 1.807) is 0 Å². The Kier molecular flexibility index (Phi) is 4.34. The molecule has 0 amide bonds. The molecule has 0 saturated heterocycles. The van der Waals surface area contributed by atoms with Crippen LogP contribution in [0.25, 0.3) is 0 Å². The molecule has 2 N–H and O–H groups in total. The minimum Gasteiger partial charge on any atom is -0.389 e. The van der Waals surface area contributed by atoms with Gasteiger partial charge in [0, 0.05) is 18.5 Å². The summed E-state index contributed by atoms with van der Waals surface area (Å²) in [5, 5.41) is 13.7. The molecular formula is C15H25NO. The molecular weight excluding hydrogens is 210 g/mol. The van der Waals surface area contributed by atoms with Gasteiger partial charge < -0.3 is 10.4 Å². The Bertz CT molecular complexity index is 363. The molecule has 96 valence electrons. The molecule has 2 nitrogen and oxygen atoms in total. The fourth-order valence-corrected chi connectivity index (χ4v) is 1.74. The molecule has 0 aromatic heterocycles. The monoisotopic (exact) mass is 235 g/mol. The summed E-state index contributed by atoms with van der Waals surface area (Å²) in [6.07, 6.45) is 0.683. The highest BCUT2D eigenvalue weighted by atomic mass is 16.3. The van der Waals surface area contributed by atoms with E-state index in [1.165, 1.54) is 11.1 Å². The highest BCUT2D eigenvalue weighted by Crippen LogP contribution is 2.16. The van der Waals surface area contributed by atoms with Gasteiger partial charge in [-0.15, -0.1) is 0 Å². The fraction of sp³-hybridized carbons (Fsp3) is 0.600. The second-order valence-corrected chi connectivity index (χ2v) is 6.20. The van der Waals surface area contributed by atoms with Crippen LogP contribution in [0.5, 0.6) is 0 Å². The molecule has 0 spiro atoms. The van der Waals surface area contributed by atoms with Crippen molar-refractivity contribution < 1.29 is 5.11 Å². The molecule has 0 saturated carbocycles. The van der Waals surface area contributed by atoms with Crippen LogP contribution in [0.3, 0.4) is 0 Å². The van der Waals surface area contributed by atoms with Crippen LogP contribution in [0.1, 0.15) is 38.8 Å². The summed E-state index contributed by atoms with van der Waals surface area (Å²) >= 11 is 0. The van der Waals surface area contributed by atoms with Crippen LogP contribution >= 0.6 is 0 Å². The molecule has 0 heterocycles. The summed E-state index contributed by atoms with van der Waals surface area (Å²) in [7, 11) is 0. The van der Waals surface area contributed by atoms with E-state index in [-0.39, 0.29) is 5.54 Å². The number of nitrogens with one attached hydrogen (secondary N) is 1. The highest BCUT2D eigenvalue weighted by molar-refractivity contribution is 5.27. The lowest BCUT2D eigenvalue weighted by Gasteiger charge is -2.30. The Hall–Kier alpha value is -0.860. The van der Waals surface area contributed by atoms with Crippen molar-refractivity contribution in [3.05, 3.63) is 35.4 Å². The third-order valence-electron chi connectivity index (χ3n) is 2.83. The van der Waals surface area contributed by atoms with E-state index in [0.29, 0.717) is 13.0 Å². The van der Waals surface area contributed by atoms with Crippen molar-refractivity contribution in [2.24, 2.45) is 0 Å². The first-order valence-corrected chi connectivity index (χ1v) is 6.22. The lowest BCUT2D eigenvalue weighted by Crippen LogP contribution is -2.47. The zero-order chi connectivity index (χ0) is 13.1. The molecule has 0 radical (unpaired) electrons. The molecule has 0 aliphatic carbocycles. The quantitative estimate of drug-likeness (QED) is 0.841. The van der Waals surface area contributed by atoms with Gasteiger partial charge in [0.2, 0.25) is 0 Å². The first kappa shape index (κ1) is 14.2. The van der Waals surface area contributed by atoms with Crippen molar-refractivity contribution >= 4 is 0 Å². The van der Waals surface area contributed by atoms with Crippen LogP contribution < -0.4 is 5.32 Å². The molecule has 1 aromatic carbocycles. The third kappa shape index (κ3) is 5.33. The molecule has 0 aliphatic rings. The first-order valence-electron chi connectivity index (χ1n) is 6.22. The van der Waals surface area contributed by atoms with Gasteiger partial charge in [-0.2, -0.15) is 0 Å². The van der Waals surface area contributed by atoms with E-state index in [4.69, 9.17) is 0 Å². The molecule has 1 rings (SSSR count). The predicted octanol–water partition coefficient (Wildman–Crippen LogP) is 2.68. The molecule has 0 bridgehead atoms. The smallest absolute Gasteiger partial charge is 0.0783 e. The number of aryl methyl sites for hydroxylation is 1. The van der Waals surface area contributed by atoms with E-state index >= 15 is 0 Å². The summed E-state index contributed by atoms with van der Waals surface area (Å²) in [4.78, 5) is 0. The van der Waals surface area contributed by atoms with Crippen LogP contribution in [0.4, 0.5) is 0 Å². The van der Waals surface area contributed by atoms with Gasteiger partial charge >= 0.3 is 0 Å². The number of rotatable bonds is 4. The van der Waals surface area contributed by atoms with Gasteiger partial charge in [-0.3, -0.25) is 0 Å². The summed E-state index contributed by atoms with van der Waals surface area (Å²) in [5.74, 6) is 0. The van der Waals surface area contributed by atoms with Gasteiger partial charge in [0.05, 0.1) is 5.60 Å². The Morgan fingerprint density at radius 1 is 1.12 bits per heavy atom. The van der Waals surface area contributed by atoms with Crippen molar-refractivity contribution in [2.75, 3.05) is 6.54 Å². The van der Waals surface area contributed by atoms with Crippen molar-refractivity contribution in [1.29, 1.82) is 0 Å². The maximum atomic E-state index is 10.4. The summed E-state index contributed by atoms with van der Waals surface area (Å²) < 4.78 is 0. The lowest BCUT2D eigenvalue weighted by molar-refractivity contribution is 0.0533. The zero-order valence-electron chi connectivity index (χ0n) is 11.7. The first-order chi connectivity index (χ1) is 7.70. The maximum Gasteiger partial charge on any atom is 0.0783 e. The summed E-state index contributed by atoms with van der Waals surface area (Å²) in [6, 6.07) is 8.22. The van der Waals surface area contributed by atoms with Crippen LogP contribution in [0.2, 0.25) is 0 Å². The largest absolute Gasteiger partial charge is 0.389 e. The molecule has 1 atom stereocenters. The van der Waals surface area contributed by atoms with Crippen molar-refractivity contribution in [2.45, 2.75) is 52.2 Å². The Balaban J connectivity index is 2.64. The van der Waals surface area contributed by atoms with Crippen LogP contribution in [-0.2, 0) is 6.42 Å². The maximum absolute atomic E-state index is 10.4. The molecule has 1 aromatic rings.